The highest BCUT2D eigenvalue weighted by Gasteiger charge is 2.09. The Hall–Kier alpha value is -1.05. The lowest BCUT2D eigenvalue weighted by molar-refractivity contribution is -0.121. The molecule has 25 heavy (non-hydrogen) atoms. The van der Waals surface area contributed by atoms with Gasteiger partial charge in [0.05, 0.1) is 13.2 Å². The number of nitrogens with one attached hydrogen (secondary N) is 1. The fourth-order valence-electron chi connectivity index (χ4n) is 2.41. The molecule has 1 amide bonds. The van der Waals surface area contributed by atoms with Crippen molar-refractivity contribution in [1.29, 1.82) is 0 Å². The zero-order valence-corrected chi connectivity index (χ0v) is 16.1. The summed E-state index contributed by atoms with van der Waals surface area (Å²) in [6, 6.07) is 7.85. The third kappa shape index (κ3) is 9.87. The van der Waals surface area contributed by atoms with Crippen molar-refractivity contribution in [1.82, 2.24) is 10.2 Å². The summed E-state index contributed by atoms with van der Waals surface area (Å²) in [5, 5.41) is 2.90. The molecule has 6 nitrogen and oxygen atoms in total. The molecule has 8 heteroatoms. The molecule has 0 spiro atoms. The summed E-state index contributed by atoms with van der Waals surface area (Å²) in [6.07, 6.45) is 1.20. The van der Waals surface area contributed by atoms with E-state index in [-0.39, 0.29) is 30.7 Å². The van der Waals surface area contributed by atoms with Gasteiger partial charge in [-0.25, -0.2) is 0 Å². The molecule has 1 heterocycles. The minimum Gasteiger partial charge on any atom is -0.492 e. The molecule has 0 atom stereocenters. The molecule has 1 aliphatic rings. The van der Waals surface area contributed by atoms with E-state index in [4.69, 9.17) is 15.2 Å². The van der Waals surface area contributed by atoms with Crippen LogP contribution >= 0.6 is 24.8 Å². The van der Waals surface area contributed by atoms with Crippen molar-refractivity contribution in [2.75, 3.05) is 46.0 Å². The molecular weight excluding hydrogens is 365 g/mol. The van der Waals surface area contributed by atoms with Crippen molar-refractivity contribution in [3.63, 3.8) is 0 Å². The number of amides is 1. The van der Waals surface area contributed by atoms with Gasteiger partial charge >= 0.3 is 0 Å². The van der Waals surface area contributed by atoms with Crippen LogP contribution in [0.25, 0.3) is 0 Å². The molecule has 0 bridgehead atoms. The van der Waals surface area contributed by atoms with E-state index in [9.17, 15) is 4.79 Å². The second-order valence-electron chi connectivity index (χ2n) is 5.62. The van der Waals surface area contributed by atoms with Crippen LogP contribution in [0.15, 0.2) is 24.3 Å². The summed E-state index contributed by atoms with van der Waals surface area (Å²) >= 11 is 0. The van der Waals surface area contributed by atoms with Crippen molar-refractivity contribution >= 4 is 30.7 Å². The molecule has 0 aliphatic carbocycles. The average molecular weight is 394 g/mol. The van der Waals surface area contributed by atoms with Crippen LogP contribution in [0.3, 0.4) is 0 Å². The first kappa shape index (κ1) is 23.9. The van der Waals surface area contributed by atoms with E-state index in [1.807, 2.05) is 24.3 Å². The molecule has 0 radical (unpaired) electrons. The summed E-state index contributed by atoms with van der Waals surface area (Å²) in [4.78, 5) is 13.9. The van der Waals surface area contributed by atoms with E-state index in [1.54, 1.807) is 0 Å². The van der Waals surface area contributed by atoms with Crippen LogP contribution in [0.2, 0.25) is 0 Å². The Labute approximate surface area is 162 Å². The van der Waals surface area contributed by atoms with E-state index in [2.05, 4.69) is 10.2 Å². The maximum Gasteiger partial charge on any atom is 0.220 e. The van der Waals surface area contributed by atoms with Gasteiger partial charge in [0.1, 0.15) is 12.4 Å². The number of morpholine rings is 1. The molecule has 0 saturated carbocycles. The number of ether oxygens (including phenoxy) is 2. The number of rotatable bonds is 9. The van der Waals surface area contributed by atoms with Crippen molar-refractivity contribution < 1.29 is 14.3 Å². The molecule has 1 aliphatic heterocycles. The molecule has 144 valence electrons. The Kier molecular flexibility index (Phi) is 13.6. The number of nitrogens with two attached hydrogens (primary N) is 1. The van der Waals surface area contributed by atoms with E-state index >= 15 is 0 Å². The third-order valence-electron chi connectivity index (χ3n) is 3.78. The van der Waals surface area contributed by atoms with Gasteiger partial charge in [0.25, 0.3) is 0 Å². The van der Waals surface area contributed by atoms with Gasteiger partial charge < -0.3 is 20.5 Å². The predicted octanol–water partition coefficient (Wildman–Crippen LogP) is 1.60. The number of benzene rings is 1. The summed E-state index contributed by atoms with van der Waals surface area (Å²) in [6.45, 7) is 6.18. The topological polar surface area (TPSA) is 76.8 Å². The standard InChI is InChI=1S/C17H27N3O3.2ClH/c18-6-2-5-17(21)19-14-15-3-1-4-16(13-15)23-12-9-20-7-10-22-11-8-20;;/h1,3-4,13H,2,5-12,14,18H2,(H,19,21);2*1H. The Morgan fingerprint density at radius 3 is 2.76 bits per heavy atom. The minimum absolute atomic E-state index is 0. The molecule has 1 aromatic carbocycles. The fraction of sp³-hybridized carbons (Fsp3) is 0.588. The summed E-state index contributed by atoms with van der Waals surface area (Å²) in [7, 11) is 0. The van der Waals surface area contributed by atoms with Crippen LogP contribution in [0, 0.1) is 0 Å². The Morgan fingerprint density at radius 2 is 2.04 bits per heavy atom. The highest BCUT2D eigenvalue weighted by Crippen LogP contribution is 2.13. The largest absolute Gasteiger partial charge is 0.492 e. The van der Waals surface area contributed by atoms with Crippen molar-refractivity contribution in [2.24, 2.45) is 5.73 Å². The van der Waals surface area contributed by atoms with Gasteiger partial charge in [0.2, 0.25) is 5.91 Å². The van der Waals surface area contributed by atoms with Gasteiger partial charge in [0, 0.05) is 32.6 Å². The van der Waals surface area contributed by atoms with Gasteiger partial charge in [-0.2, -0.15) is 0 Å². The van der Waals surface area contributed by atoms with Crippen LogP contribution in [0.1, 0.15) is 18.4 Å². The highest BCUT2D eigenvalue weighted by atomic mass is 35.5. The van der Waals surface area contributed by atoms with Crippen molar-refractivity contribution in [2.45, 2.75) is 19.4 Å². The van der Waals surface area contributed by atoms with Crippen LogP contribution in [-0.2, 0) is 16.1 Å². The molecule has 0 aromatic heterocycles. The third-order valence-corrected chi connectivity index (χ3v) is 3.78. The first-order valence-corrected chi connectivity index (χ1v) is 8.26. The molecular formula is C17H29Cl2N3O3. The van der Waals surface area contributed by atoms with Gasteiger partial charge in [-0.05, 0) is 30.7 Å². The van der Waals surface area contributed by atoms with E-state index in [1.165, 1.54) is 0 Å². The number of hydrogen-bond donors (Lipinski definition) is 2. The summed E-state index contributed by atoms with van der Waals surface area (Å²) in [5.74, 6) is 0.876. The van der Waals surface area contributed by atoms with Crippen LogP contribution in [0.4, 0.5) is 0 Å². The number of carbonyl (C=O) groups is 1. The molecule has 2 rings (SSSR count). The molecule has 1 fully saturated rings. The Balaban J connectivity index is 0.00000288. The normalized spacial score (nSPS) is 14.1. The monoisotopic (exact) mass is 393 g/mol. The first-order chi connectivity index (χ1) is 11.3. The maximum atomic E-state index is 11.6. The maximum absolute atomic E-state index is 11.6. The number of carbonyl (C=O) groups excluding carboxylic acids is 1. The van der Waals surface area contributed by atoms with Crippen LogP contribution < -0.4 is 15.8 Å². The van der Waals surface area contributed by atoms with E-state index < -0.39 is 0 Å². The molecule has 0 unspecified atom stereocenters. The lowest BCUT2D eigenvalue weighted by atomic mass is 10.2. The Morgan fingerprint density at radius 1 is 1.28 bits per heavy atom. The second kappa shape index (κ2) is 14.2. The lowest BCUT2D eigenvalue weighted by Crippen LogP contribution is -2.38. The predicted molar refractivity (Wildman–Crippen MR) is 104 cm³/mol. The Bertz CT molecular complexity index is 486. The highest BCUT2D eigenvalue weighted by molar-refractivity contribution is 5.85. The average Bonchev–Trinajstić information content (AvgIpc) is 2.59. The fourth-order valence-corrected chi connectivity index (χ4v) is 2.41. The smallest absolute Gasteiger partial charge is 0.220 e. The minimum atomic E-state index is 0. The van der Waals surface area contributed by atoms with Crippen molar-refractivity contribution in [3.05, 3.63) is 29.8 Å². The number of nitrogens with zero attached hydrogens (tertiary/aromatic N) is 1. The zero-order chi connectivity index (χ0) is 16.3. The van der Waals surface area contributed by atoms with Gasteiger partial charge in [-0.3, -0.25) is 9.69 Å². The summed E-state index contributed by atoms with van der Waals surface area (Å²) in [5.41, 5.74) is 6.43. The van der Waals surface area contributed by atoms with Crippen LogP contribution in [-0.4, -0.2) is 56.8 Å². The van der Waals surface area contributed by atoms with Crippen LogP contribution in [0.5, 0.6) is 5.75 Å². The first-order valence-electron chi connectivity index (χ1n) is 8.26. The van der Waals surface area contributed by atoms with E-state index in [0.717, 1.165) is 50.6 Å². The summed E-state index contributed by atoms with van der Waals surface area (Å²) < 4.78 is 11.1. The van der Waals surface area contributed by atoms with Gasteiger partial charge in [0.15, 0.2) is 0 Å². The zero-order valence-electron chi connectivity index (χ0n) is 14.4. The van der Waals surface area contributed by atoms with Crippen molar-refractivity contribution in [3.8, 4) is 5.75 Å². The molecule has 1 aromatic rings. The van der Waals surface area contributed by atoms with Gasteiger partial charge in [-0.15, -0.1) is 24.8 Å². The lowest BCUT2D eigenvalue weighted by Gasteiger charge is -2.26. The quantitative estimate of drug-likeness (QED) is 0.666. The SMILES string of the molecule is Cl.Cl.NCCCC(=O)NCc1cccc(OCCN2CCOCC2)c1. The number of hydrogen-bond acceptors (Lipinski definition) is 5. The van der Waals surface area contributed by atoms with Gasteiger partial charge in [-0.1, -0.05) is 12.1 Å². The van der Waals surface area contributed by atoms with E-state index in [0.29, 0.717) is 26.1 Å². The second-order valence-corrected chi connectivity index (χ2v) is 5.62. The molecule has 1 saturated heterocycles. The molecule has 3 N–H and O–H groups in total. The number of halogens is 2.